The second-order valence-corrected chi connectivity index (χ2v) is 5.07. The lowest BCUT2D eigenvalue weighted by Crippen LogP contribution is -1.76. The first kappa shape index (κ1) is 10.7. The SMILES string of the molecule is C=C(Cl)CSc1nnc(-c2cccs2)o1. The van der Waals surface area contributed by atoms with Gasteiger partial charge in [-0.2, -0.15) is 0 Å². The van der Waals surface area contributed by atoms with E-state index in [1.165, 1.54) is 11.8 Å². The van der Waals surface area contributed by atoms with E-state index in [9.17, 15) is 0 Å². The maximum atomic E-state index is 5.63. The molecule has 0 atom stereocenters. The predicted octanol–water partition coefficient (Wildman–Crippen LogP) is 3.64. The van der Waals surface area contributed by atoms with Crippen LogP contribution < -0.4 is 0 Å². The summed E-state index contributed by atoms with van der Waals surface area (Å²) in [5, 5.41) is 10.9. The van der Waals surface area contributed by atoms with Crippen LogP contribution in [0.4, 0.5) is 0 Å². The number of halogens is 1. The number of hydrogen-bond donors (Lipinski definition) is 0. The molecule has 0 radical (unpaired) electrons. The largest absolute Gasteiger partial charge is 0.410 e. The van der Waals surface area contributed by atoms with E-state index in [0.717, 1.165) is 4.88 Å². The van der Waals surface area contributed by atoms with Gasteiger partial charge in [0.1, 0.15) is 0 Å². The van der Waals surface area contributed by atoms with Crippen LogP contribution in [-0.4, -0.2) is 16.0 Å². The first-order valence-corrected chi connectivity index (χ1v) is 6.33. The zero-order chi connectivity index (χ0) is 10.7. The zero-order valence-corrected chi connectivity index (χ0v) is 10.0. The van der Waals surface area contributed by atoms with Crippen molar-refractivity contribution < 1.29 is 4.42 Å². The molecule has 2 heterocycles. The van der Waals surface area contributed by atoms with Gasteiger partial charge in [0.25, 0.3) is 11.1 Å². The molecule has 78 valence electrons. The summed E-state index contributed by atoms with van der Waals surface area (Å²) in [5.74, 6) is 1.13. The average Bonchev–Trinajstić information content (AvgIpc) is 2.85. The van der Waals surface area contributed by atoms with E-state index in [0.29, 0.717) is 21.9 Å². The quantitative estimate of drug-likeness (QED) is 0.785. The molecule has 0 aliphatic heterocycles. The molecule has 0 amide bonds. The molecule has 6 heteroatoms. The summed E-state index contributed by atoms with van der Waals surface area (Å²) in [5.41, 5.74) is 0. The standard InChI is InChI=1S/C9H7ClN2OS2/c1-6(10)5-15-9-12-11-8(13-9)7-3-2-4-14-7/h2-4H,1,5H2. The van der Waals surface area contributed by atoms with Gasteiger partial charge < -0.3 is 4.42 Å². The Kier molecular flexibility index (Phi) is 3.45. The number of aromatic nitrogens is 2. The summed E-state index contributed by atoms with van der Waals surface area (Å²) in [6.45, 7) is 3.58. The van der Waals surface area contributed by atoms with Gasteiger partial charge in [0.2, 0.25) is 0 Å². The van der Waals surface area contributed by atoms with Crippen LogP contribution in [0.2, 0.25) is 0 Å². The topological polar surface area (TPSA) is 38.9 Å². The maximum absolute atomic E-state index is 5.63. The van der Waals surface area contributed by atoms with Crippen LogP contribution in [0, 0.1) is 0 Å². The van der Waals surface area contributed by atoms with Gasteiger partial charge in [-0.15, -0.1) is 21.5 Å². The number of rotatable bonds is 4. The lowest BCUT2D eigenvalue weighted by atomic mass is 10.5. The smallest absolute Gasteiger partial charge is 0.277 e. The van der Waals surface area contributed by atoms with Crippen molar-refractivity contribution in [2.75, 3.05) is 5.75 Å². The molecule has 0 aliphatic rings. The summed E-state index contributed by atoms with van der Waals surface area (Å²) in [7, 11) is 0. The van der Waals surface area contributed by atoms with Crippen molar-refractivity contribution in [3.05, 3.63) is 29.1 Å². The molecule has 0 spiro atoms. The highest BCUT2D eigenvalue weighted by molar-refractivity contribution is 7.99. The Bertz CT molecular complexity index is 452. The number of nitrogens with zero attached hydrogens (tertiary/aromatic N) is 2. The molecule has 15 heavy (non-hydrogen) atoms. The molecular weight excluding hydrogens is 252 g/mol. The van der Waals surface area contributed by atoms with Gasteiger partial charge in [0, 0.05) is 10.8 Å². The van der Waals surface area contributed by atoms with E-state index < -0.39 is 0 Å². The third-order valence-electron chi connectivity index (χ3n) is 1.49. The van der Waals surface area contributed by atoms with Crippen molar-refractivity contribution in [1.82, 2.24) is 10.2 Å². The van der Waals surface area contributed by atoms with Gasteiger partial charge in [-0.3, -0.25) is 0 Å². The van der Waals surface area contributed by atoms with Crippen molar-refractivity contribution in [3.63, 3.8) is 0 Å². The fraction of sp³-hybridized carbons (Fsp3) is 0.111. The van der Waals surface area contributed by atoms with Crippen LogP contribution in [0.1, 0.15) is 0 Å². The van der Waals surface area contributed by atoms with Gasteiger partial charge in [-0.05, 0) is 11.4 Å². The number of hydrogen-bond acceptors (Lipinski definition) is 5. The van der Waals surface area contributed by atoms with Crippen LogP contribution in [0.25, 0.3) is 10.8 Å². The van der Waals surface area contributed by atoms with E-state index in [2.05, 4.69) is 16.8 Å². The van der Waals surface area contributed by atoms with Crippen LogP contribution in [0.15, 0.2) is 38.8 Å². The summed E-state index contributed by atoms with van der Waals surface area (Å²) < 4.78 is 5.43. The minimum atomic E-state index is 0.514. The summed E-state index contributed by atoms with van der Waals surface area (Å²) in [4.78, 5) is 0.971. The Morgan fingerprint density at radius 1 is 1.60 bits per heavy atom. The Labute approximate surface area is 100 Å². The maximum Gasteiger partial charge on any atom is 0.277 e. The lowest BCUT2D eigenvalue weighted by Gasteiger charge is -1.91. The number of thioether (sulfide) groups is 1. The predicted molar refractivity (Wildman–Crippen MR) is 63.3 cm³/mol. The van der Waals surface area contributed by atoms with Crippen molar-refractivity contribution in [2.45, 2.75) is 5.22 Å². The Morgan fingerprint density at radius 3 is 3.13 bits per heavy atom. The fourth-order valence-electron chi connectivity index (χ4n) is 0.908. The Morgan fingerprint density at radius 2 is 2.47 bits per heavy atom. The summed E-state index contributed by atoms with van der Waals surface area (Å²) in [6.07, 6.45) is 0. The molecule has 0 N–H and O–H groups in total. The van der Waals surface area contributed by atoms with Crippen LogP contribution >= 0.6 is 34.7 Å². The lowest BCUT2D eigenvalue weighted by molar-refractivity contribution is 0.467. The molecule has 2 aromatic heterocycles. The molecule has 0 fully saturated rings. The molecule has 0 aliphatic carbocycles. The highest BCUT2D eigenvalue weighted by Gasteiger charge is 2.09. The molecule has 0 saturated heterocycles. The summed E-state index contributed by atoms with van der Waals surface area (Å²) >= 11 is 8.58. The zero-order valence-electron chi connectivity index (χ0n) is 7.64. The van der Waals surface area contributed by atoms with Gasteiger partial charge in [-0.25, -0.2) is 0 Å². The molecule has 0 bridgehead atoms. The van der Waals surface area contributed by atoms with Gasteiger partial charge in [-0.1, -0.05) is 36.0 Å². The first-order valence-electron chi connectivity index (χ1n) is 4.09. The van der Waals surface area contributed by atoms with Crippen LogP contribution in [0.5, 0.6) is 0 Å². The monoisotopic (exact) mass is 258 g/mol. The average molecular weight is 259 g/mol. The van der Waals surface area contributed by atoms with Crippen LogP contribution in [0.3, 0.4) is 0 Å². The molecule has 3 nitrogen and oxygen atoms in total. The van der Waals surface area contributed by atoms with E-state index in [-0.39, 0.29) is 0 Å². The first-order chi connectivity index (χ1) is 7.25. The Hall–Kier alpha value is -0.780. The second-order valence-electron chi connectivity index (χ2n) is 2.66. The third-order valence-corrected chi connectivity index (χ3v) is 3.55. The molecule has 2 rings (SSSR count). The van der Waals surface area contributed by atoms with Crippen molar-refractivity contribution in [2.24, 2.45) is 0 Å². The molecule has 2 aromatic rings. The van der Waals surface area contributed by atoms with Gasteiger partial charge >= 0.3 is 0 Å². The normalized spacial score (nSPS) is 10.5. The van der Waals surface area contributed by atoms with E-state index in [1.54, 1.807) is 11.3 Å². The van der Waals surface area contributed by atoms with Gasteiger partial charge in [0.15, 0.2) is 0 Å². The molecular formula is C9H7ClN2OS2. The van der Waals surface area contributed by atoms with Crippen molar-refractivity contribution >= 4 is 34.7 Å². The van der Waals surface area contributed by atoms with Crippen molar-refractivity contribution in [3.8, 4) is 10.8 Å². The van der Waals surface area contributed by atoms with Gasteiger partial charge in [0.05, 0.1) is 4.88 Å². The Balaban J connectivity index is 2.08. The van der Waals surface area contributed by atoms with E-state index >= 15 is 0 Å². The highest BCUT2D eigenvalue weighted by atomic mass is 35.5. The van der Waals surface area contributed by atoms with E-state index in [4.69, 9.17) is 16.0 Å². The second kappa shape index (κ2) is 4.83. The molecule has 0 unspecified atom stereocenters. The fourth-order valence-corrected chi connectivity index (χ4v) is 2.23. The van der Waals surface area contributed by atoms with Crippen molar-refractivity contribution in [1.29, 1.82) is 0 Å². The molecule has 0 aromatic carbocycles. The van der Waals surface area contributed by atoms with Crippen LogP contribution in [-0.2, 0) is 0 Å². The number of thiophene rings is 1. The minimum absolute atomic E-state index is 0.514. The highest BCUT2D eigenvalue weighted by Crippen LogP contribution is 2.27. The minimum Gasteiger partial charge on any atom is -0.410 e. The molecule has 0 saturated carbocycles. The van der Waals surface area contributed by atoms with E-state index in [1.807, 2.05) is 17.5 Å². The summed E-state index contributed by atoms with van der Waals surface area (Å²) in [6, 6.07) is 3.88. The third kappa shape index (κ3) is 2.84.